The van der Waals surface area contributed by atoms with E-state index in [1.807, 2.05) is 42.2 Å². The molecule has 1 unspecified atom stereocenters. The summed E-state index contributed by atoms with van der Waals surface area (Å²) in [6, 6.07) is 10.0. The smallest absolute Gasteiger partial charge is 0.223 e. The van der Waals surface area contributed by atoms with E-state index in [-0.39, 0.29) is 5.91 Å². The quantitative estimate of drug-likeness (QED) is 0.907. The molecule has 0 bridgehead atoms. The van der Waals surface area contributed by atoms with E-state index < -0.39 is 5.60 Å². The number of nitrogens with zero attached hydrogens (tertiary/aromatic N) is 4. The topological polar surface area (TPSA) is 84.0 Å². The summed E-state index contributed by atoms with van der Waals surface area (Å²) < 4.78 is 5.95. The van der Waals surface area contributed by atoms with Crippen molar-refractivity contribution in [3.63, 3.8) is 0 Å². The van der Waals surface area contributed by atoms with Crippen LogP contribution in [0.1, 0.15) is 24.7 Å². The average molecular weight is 301 g/mol. The molecular weight excluding hydrogens is 282 g/mol. The van der Waals surface area contributed by atoms with Gasteiger partial charge < -0.3 is 9.64 Å². The number of hydrogen-bond donors (Lipinski definition) is 1. The van der Waals surface area contributed by atoms with Gasteiger partial charge >= 0.3 is 0 Å². The minimum atomic E-state index is -0.457. The Labute approximate surface area is 128 Å². The lowest BCUT2D eigenvalue weighted by Gasteiger charge is -2.41. The number of amides is 1. The van der Waals surface area contributed by atoms with E-state index in [9.17, 15) is 4.79 Å². The Hall–Kier alpha value is -2.28. The maximum Gasteiger partial charge on any atom is 0.223 e. The van der Waals surface area contributed by atoms with Gasteiger partial charge in [0.25, 0.3) is 0 Å². The summed E-state index contributed by atoms with van der Waals surface area (Å²) in [5.74, 6) is 0.655. The van der Waals surface area contributed by atoms with Crippen LogP contribution in [-0.4, -0.2) is 51.1 Å². The maximum atomic E-state index is 12.4. The molecule has 1 atom stereocenters. The fourth-order valence-corrected chi connectivity index (χ4v) is 2.71. The van der Waals surface area contributed by atoms with Gasteiger partial charge in [-0.1, -0.05) is 35.5 Å². The van der Waals surface area contributed by atoms with E-state index in [0.29, 0.717) is 38.4 Å². The number of tetrazole rings is 1. The number of carbonyl (C=O) groups excluding carboxylic acids is 1. The number of aromatic nitrogens is 4. The molecule has 3 rings (SSSR count). The van der Waals surface area contributed by atoms with Crippen molar-refractivity contribution in [3.8, 4) is 0 Å². The van der Waals surface area contributed by atoms with Gasteiger partial charge in [-0.2, -0.15) is 5.21 Å². The summed E-state index contributed by atoms with van der Waals surface area (Å²) in [5, 5.41) is 13.6. The standard InChI is InChI=1S/C15H19N5O2/c1-15(12-5-3-2-4-6-12)11-20(9-10-22-15)14(21)8-7-13-16-18-19-17-13/h2-6H,7-11H2,1H3,(H,16,17,18,19). The third kappa shape index (κ3) is 3.14. The lowest BCUT2D eigenvalue weighted by atomic mass is 9.93. The van der Waals surface area contributed by atoms with Gasteiger partial charge in [-0.3, -0.25) is 4.79 Å². The molecule has 2 heterocycles. The van der Waals surface area contributed by atoms with Crippen LogP contribution in [0, 0.1) is 0 Å². The van der Waals surface area contributed by atoms with Crippen LogP contribution in [0.25, 0.3) is 0 Å². The highest BCUT2D eigenvalue weighted by molar-refractivity contribution is 5.76. The lowest BCUT2D eigenvalue weighted by Crippen LogP contribution is -2.50. The van der Waals surface area contributed by atoms with Crippen molar-refractivity contribution in [2.45, 2.75) is 25.4 Å². The van der Waals surface area contributed by atoms with Crippen molar-refractivity contribution in [2.24, 2.45) is 0 Å². The van der Waals surface area contributed by atoms with Gasteiger partial charge in [0.2, 0.25) is 5.91 Å². The first-order chi connectivity index (χ1) is 10.7. The predicted octanol–water partition coefficient (Wildman–Crippen LogP) is 0.906. The highest BCUT2D eigenvalue weighted by Crippen LogP contribution is 2.29. The van der Waals surface area contributed by atoms with Gasteiger partial charge in [-0.05, 0) is 12.5 Å². The zero-order chi connectivity index (χ0) is 15.4. The molecule has 1 amide bonds. The molecule has 1 aromatic carbocycles. The Morgan fingerprint density at radius 1 is 1.41 bits per heavy atom. The fraction of sp³-hybridized carbons (Fsp3) is 0.467. The Balaban J connectivity index is 1.63. The molecule has 1 aliphatic heterocycles. The van der Waals surface area contributed by atoms with Crippen molar-refractivity contribution < 1.29 is 9.53 Å². The molecule has 7 nitrogen and oxygen atoms in total. The first-order valence-corrected chi connectivity index (χ1v) is 7.37. The Bertz CT molecular complexity index is 616. The molecule has 2 aromatic rings. The van der Waals surface area contributed by atoms with E-state index in [0.717, 1.165) is 5.56 Å². The van der Waals surface area contributed by atoms with Crippen LogP contribution in [0.3, 0.4) is 0 Å². The molecule has 1 N–H and O–H groups in total. The van der Waals surface area contributed by atoms with Crippen LogP contribution in [0.5, 0.6) is 0 Å². The first-order valence-electron chi connectivity index (χ1n) is 7.37. The fourth-order valence-electron chi connectivity index (χ4n) is 2.71. The molecule has 0 saturated carbocycles. The summed E-state index contributed by atoms with van der Waals surface area (Å²) in [6.45, 7) is 3.75. The lowest BCUT2D eigenvalue weighted by molar-refractivity contribution is -0.149. The van der Waals surface area contributed by atoms with E-state index in [4.69, 9.17) is 4.74 Å². The molecule has 1 saturated heterocycles. The Morgan fingerprint density at radius 2 is 2.23 bits per heavy atom. The number of ether oxygens (including phenoxy) is 1. The number of morpholine rings is 1. The second-order valence-corrected chi connectivity index (χ2v) is 5.59. The molecule has 1 aromatic heterocycles. The maximum absolute atomic E-state index is 12.4. The van der Waals surface area contributed by atoms with Crippen molar-refractivity contribution in [1.29, 1.82) is 0 Å². The van der Waals surface area contributed by atoms with Gasteiger partial charge in [0, 0.05) is 19.4 Å². The molecule has 22 heavy (non-hydrogen) atoms. The average Bonchev–Trinajstić information content (AvgIpc) is 3.07. The van der Waals surface area contributed by atoms with Crippen molar-refractivity contribution in [3.05, 3.63) is 41.7 Å². The summed E-state index contributed by atoms with van der Waals surface area (Å²) in [7, 11) is 0. The van der Waals surface area contributed by atoms with Crippen molar-refractivity contribution >= 4 is 5.91 Å². The predicted molar refractivity (Wildman–Crippen MR) is 78.8 cm³/mol. The highest BCUT2D eigenvalue weighted by Gasteiger charge is 2.35. The second kappa shape index (κ2) is 6.23. The van der Waals surface area contributed by atoms with E-state index in [1.54, 1.807) is 0 Å². The van der Waals surface area contributed by atoms with E-state index in [2.05, 4.69) is 20.6 Å². The summed E-state index contributed by atoms with van der Waals surface area (Å²) in [5.41, 5.74) is 0.632. The molecule has 0 radical (unpaired) electrons. The number of rotatable bonds is 4. The minimum Gasteiger partial charge on any atom is -0.367 e. The van der Waals surface area contributed by atoms with Gasteiger partial charge in [0.05, 0.1) is 13.2 Å². The van der Waals surface area contributed by atoms with Crippen molar-refractivity contribution in [2.75, 3.05) is 19.7 Å². The summed E-state index contributed by atoms with van der Waals surface area (Å²) in [4.78, 5) is 14.3. The Kier molecular flexibility index (Phi) is 4.15. The SMILES string of the molecule is CC1(c2ccccc2)CN(C(=O)CCc2nn[nH]n2)CCO1. The normalized spacial score (nSPS) is 21.8. The van der Waals surface area contributed by atoms with E-state index in [1.165, 1.54) is 0 Å². The number of nitrogens with one attached hydrogen (secondary N) is 1. The number of benzene rings is 1. The number of aromatic amines is 1. The minimum absolute atomic E-state index is 0.0928. The van der Waals surface area contributed by atoms with Crippen LogP contribution in [0.4, 0.5) is 0 Å². The van der Waals surface area contributed by atoms with Crippen LogP contribution in [0.15, 0.2) is 30.3 Å². The van der Waals surface area contributed by atoms with Crippen molar-refractivity contribution in [1.82, 2.24) is 25.5 Å². The number of aryl methyl sites for hydroxylation is 1. The summed E-state index contributed by atoms with van der Waals surface area (Å²) in [6.07, 6.45) is 0.874. The monoisotopic (exact) mass is 301 g/mol. The van der Waals surface area contributed by atoms with Crippen LogP contribution in [-0.2, 0) is 21.6 Å². The van der Waals surface area contributed by atoms with Crippen LogP contribution < -0.4 is 0 Å². The highest BCUT2D eigenvalue weighted by atomic mass is 16.5. The molecule has 1 fully saturated rings. The second-order valence-electron chi connectivity index (χ2n) is 5.59. The third-order valence-corrected chi connectivity index (χ3v) is 3.96. The zero-order valence-electron chi connectivity index (χ0n) is 12.5. The Morgan fingerprint density at radius 3 is 2.95 bits per heavy atom. The molecule has 0 spiro atoms. The largest absolute Gasteiger partial charge is 0.367 e. The molecular formula is C15H19N5O2. The number of hydrogen-bond acceptors (Lipinski definition) is 5. The van der Waals surface area contributed by atoms with Crippen LogP contribution in [0.2, 0.25) is 0 Å². The van der Waals surface area contributed by atoms with Gasteiger partial charge in [0.1, 0.15) is 5.60 Å². The molecule has 7 heteroatoms. The first kappa shape index (κ1) is 14.6. The molecule has 0 aliphatic carbocycles. The van der Waals surface area contributed by atoms with Gasteiger partial charge in [0.15, 0.2) is 5.82 Å². The third-order valence-electron chi connectivity index (χ3n) is 3.96. The number of carbonyl (C=O) groups is 1. The molecule has 1 aliphatic rings. The van der Waals surface area contributed by atoms with Gasteiger partial charge in [-0.15, -0.1) is 10.2 Å². The van der Waals surface area contributed by atoms with Gasteiger partial charge in [-0.25, -0.2) is 0 Å². The summed E-state index contributed by atoms with van der Waals surface area (Å²) >= 11 is 0. The van der Waals surface area contributed by atoms with E-state index >= 15 is 0 Å². The molecule has 116 valence electrons. The number of H-pyrrole nitrogens is 1. The zero-order valence-corrected chi connectivity index (χ0v) is 12.5. The van der Waals surface area contributed by atoms with Crippen LogP contribution >= 0.6 is 0 Å².